The van der Waals surface area contributed by atoms with Crippen LogP contribution in [0.2, 0.25) is 0 Å². The lowest BCUT2D eigenvalue weighted by molar-refractivity contribution is -0.286. The summed E-state index contributed by atoms with van der Waals surface area (Å²) in [5.41, 5.74) is 0.423. The lowest BCUT2D eigenvalue weighted by atomic mass is 9.83. The van der Waals surface area contributed by atoms with Gasteiger partial charge in [0.05, 0.1) is 12.0 Å². The Morgan fingerprint density at radius 1 is 1.11 bits per heavy atom. The van der Waals surface area contributed by atoms with Crippen LogP contribution in [-0.2, 0) is 24.0 Å². The fourth-order valence-electron chi connectivity index (χ4n) is 5.07. The molecule has 0 bridgehead atoms. The maximum Gasteiger partial charge on any atom is 0.586 e. The number of nitrogens with one attached hydrogen (secondary N) is 3. The van der Waals surface area contributed by atoms with Gasteiger partial charge < -0.3 is 20.1 Å². The van der Waals surface area contributed by atoms with Gasteiger partial charge in [0, 0.05) is 18.5 Å². The number of carbonyl (C=O) groups is 5. The fourth-order valence-corrected chi connectivity index (χ4v) is 5.07. The number of amides is 4. The Morgan fingerprint density at radius 2 is 1.79 bits per heavy atom. The van der Waals surface area contributed by atoms with Crippen molar-refractivity contribution in [3.05, 3.63) is 29.8 Å². The number of hydrogen-bond acceptors (Lipinski definition) is 7. The molecule has 38 heavy (non-hydrogen) atoms. The van der Waals surface area contributed by atoms with E-state index in [1.165, 1.54) is 37.3 Å². The number of ketones is 1. The number of alkyl halides is 2. The molecule has 1 saturated carbocycles. The van der Waals surface area contributed by atoms with Crippen molar-refractivity contribution in [3.63, 3.8) is 0 Å². The summed E-state index contributed by atoms with van der Waals surface area (Å²) in [4.78, 5) is 62.5. The van der Waals surface area contributed by atoms with E-state index in [1.807, 2.05) is 0 Å². The summed E-state index contributed by atoms with van der Waals surface area (Å²) in [6.45, 7) is 3.13. The van der Waals surface area contributed by atoms with Gasteiger partial charge in [-0.3, -0.25) is 29.3 Å². The number of rotatable bonds is 9. The van der Waals surface area contributed by atoms with Crippen molar-refractivity contribution in [1.82, 2.24) is 16.0 Å². The predicted octanol–water partition coefficient (Wildman–Crippen LogP) is 2.07. The molecule has 2 aliphatic heterocycles. The highest BCUT2D eigenvalue weighted by Gasteiger charge is 2.47. The van der Waals surface area contributed by atoms with Crippen LogP contribution in [0.5, 0.6) is 11.5 Å². The molecule has 0 spiro atoms. The summed E-state index contributed by atoms with van der Waals surface area (Å²) in [7, 11) is 0. The molecule has 4 rings (SSSR count). The SMILES string of the molecule is C[C@H](CC(=O)N[C@H](C(=O)[C@@H]1C(=O)NC(=O)[C@H]1C)C1CCCC1)NC(=O)/C=C/c1ccc2c(c1)OC(F)(F)O2. The van der Waals surface area contributed by atoms with E-state index in [1.54, 1.807) is 6.92 Å². The van der Waals surface area contributed by atoms with Crippen molar-refractivity contribution in [2.45, 2.75) is 64.3 Å². The third kappa shape index (κ3) is 6.17. The molecule has 0 aromatic heterocycles. The van der Waals surface area contributed by atoms with Crippen LogP contribution in [0.4, 0.5) is 8.78 Å². The Morgan fingerprint density at radius 3 is 2.45 bits per heavy atom. The number of benzene rings is 1. The maximum absolute atomic E-state index is 13.3. The van der Waals surface area contributed by atoms with Gasteiger partial charge in [-0.05, 0) is 49.5 Å². The summed E-state index contributed by atoms with van der Waals surface area (Å²) < 4.78 is 35.0. The minimum absolute atomic E-state index is 0.111. The van der Waals surface area contributed by atoms with Gasteiger partial charge in [-0.15, -0.1) is 8.78 Å². The second kappa shape index (κ2) is 10.9. The predicted molar refractivity (Wildman–Crippen MR) is 129 cm³/mol. The molecule has 0 unspecified atom stereocenters. The van der Waals surface area contributed by atoms with E-state index in [9.17, 15) is 32.8 Å². The minimum Gasteiger partial charge on any atom is -0.395 e. The Bertz CT molecular complexity index is 1180. The zero-order chi connectivity index (χ0) is 27.6. The van der Waals surface area contributed by atoms with E-state index in [0.29, 0.717) is 5.56 Å². The van der Waals surface area contributed by atoms with Gasteiger partial charge in [0.2, 0.25) is 23.6 Å². The van der Waals surface area contributed by atoms with Crippen LogP contribution in [0.15, 0.2) is 24.3 Å². The van der Waals surface area contributed by atoms with Gasteiger partial charge in [0.1, 0.15) is 5.92 Å². The first-order valence-corrected chi connectivity index (χ1v) is 12.5. The fraction of sp³-hybridized carbons (Fsp3) is 0.500. The largest absolute Gasteiger partial charge is 0.586 e. The summed E-state index contributed by atoms with van der Waals surface area (Å²) in [5.74, 6) is -4.95. The van der Waals surface area contributed by atoms with E-state index in [4.69, 9.17) is 0 Å². The Kier molecular flexibility index (Phi) is 7.79. The molecule has 1 aromatic carbocycles. The third-order valence-corrected chi connectivity index (χ3v) is 6.98. The molecule has 1 aliphatic carbocycles. The molecule has 4 amide bonds. The first-order valence-electron chi connectivity index (χ1n) is 12.5. The van der Waals surface area contributed by atoms with Crippen LogP contribution in [0.3, 0.4) is 0 Å². The summed E-state index contributed by atoms with van der Waals surface area (Å²) in [6, 6.07) is 2.58. The van der Waals surface area contributed by atoms with Gasteiger partial charge in [0.15, 0.2) is 17.3 Å². The van der Waals surface area contributed by atoms with Crippen molar-refractivity contribution in [2.75, 3.05) is 0 Å². The van der Waals surface area contributed by atoms with Crippen LogP contribution in [0.25, 0.3) is 6.08 Å². The summed E-state index contributed by atoms with van der Waals surface area (Å²) in [6.07, 6.45) is 1.97. The molecule has 4 atom stereocenters. The van der Waals surface area contributed by atoms with E-state index in [2.05, 4.69) is 25.4 Å². The van der Waals surface area contributed by atoms with Gasteiger partial charge in [-0.1, -0.05) is 25.8 Å². The van der Waals surface area contributed by atoms with Crippen LogP contribution < -0.4 is 25.4 Å². The molecule has 3 N–H and O–H groups in total. The molecule has 12 heteroatoms. The monoisotopic (exact) mass is 533 g/mol. The van der Waals surface area contributed by atoms with Crippen molar-refractivity contribution >= 4 is 35.5 Å². The normalized spacial score (nSPS) is 23.8. The number of imide groups is 1. The van der Waals surface area contributed by atoms with Crippen molar-refractivity contribution in [2.24, 2.45) is 17.8 Å². The molecule has 3 aliphatic rings. The smallest absolute Gasteiger partial charge is 0.395 e. The van der Waals surface area contributed by atoms with Crippen LogP contribution in [0, 0.1) is 17.8 Å². The lowest BCUT2D eigenvalue weighted by Gasteiger charge is -2.27. The van der Waals surface area contributed by atoms with Gasteiger partial charge in [-0.2, -0.15) is 0 Å². The average Bonchev–Trinajstić information content (AvgIpc) is 3.52. The Hall–Kier alpha value is -3.83. The topological polar surface area (TPSA) is 140 Å². The number of hydrogen-bond donors (Lipinski definition) is 3. The summed E-state index contributed by atoms with van der Waals surface area (Å²) in [5, 5.41) is 7.56. The number of ether oxygens (including phenoxy) is 2. The molecule has 2 heterocycles. The number of halogens is 2. The average molecular weight is 534 g/mol. The van der Waals surface area contributed by atoms with E-state index < -0.39 is 59.6 Å². The van der Waals surface area contributed by atoms with E-state index in [-0.39, 0.29) is 23.8 Å². The molecule has 0 radical (unpaired) electrons. The first-order chi connectivity index (χ1) is 17.9. The van der Waals surface area contributed by atoms with Gasteiger partial charge in [0.25, 0.3) is 0 Å². The molecule has 204 valence electrons. The molecule has 1 saturated heterocycles. The van der Waals surface area contributed by atoms with Crippen molar-refractivity contribution in [3.8, 4) is 11.5 Å². The highest BCUT2D eigenvalue weighted by atomic mass is 19.3. The zero-order valence-corrected chi connectivity index (χ0v) is 20.9. The molecule has 2 fully saturated rings. The molecule has 10 nitrogen and oxygen atoms in total. The standard InChI is InChI=1S/C26H29F2N3O7/c1-13(29-19(32)10-8-15-7-9-17-18(12-15)38-26(27,28)37-17)11-20(33)30-22(16-5-3-4-6-16)23(34)21-14(2)24(35)31-25(21)36/h7-10,12-14,16,21-22H,3-6,11H2,1-2H3,(H,29,32)(H,30,33)(H,31,35,36)/b10-8+/t13-,14+,21-,22+/m1/s1. The minimum atomic E-state index is -3.74. The Balaban J connectivity index is 1.32. The van der Waals surface area contributed by atoms with Crippen molar-refractivity contribution < 1.29 is 42.2 Å². The second-order valence-electron chi connectivity index (χ2n) is 9.93. The van der Waals surface area contributed by atoms with E-state index >= 15 is 0 Å². The maximum atomic E-state index is 13.3. The Labute approximate surface area is 217 Å². The number of carbonyl (C=O) groups excluding carboxylic acids is 5. The quantitative estimate of drug-likeness (QED) is 0.251. The molecular weight excluding hydrogens is 504 g/mol. The molecule has 1 aromatic rings. The number of Topliss-reactive ketones (excluding diaryl/α,β-unsaturated/α-hetero) is 1. The summed E-state index contributed by atoms with van der Waals surface area (Å²) >= 11 is 0. The van der Waals surface area contributed by atoms with Crippen LogP contribution >= 0.6 is 0 Å². The third-order valence-electron chi connectivity index (χ3n) is 6.98. The van der Waals surface area contributed by atoms with Gasteiger partial charge >= 0.3 is 6.29 Å². The van der Waals surface area contributed by atoms with Gasteiger partial charge in [-0.25, -0.2) is 0 Å². The highest BCUT2D eigenvalue weighted by molar-refractivity contribution is 6.16. The molecular formula is C26H29F2N3O7. The lowest BCUT2D eigenvalue weighted by Crippen LogP contribution is -2.50. The first kappa shape index (κ1) is 27.2. The van der Waals surface area contributed by atoms with Crippen LogP contribution in [0.1, 0.15) is 51.5 Å². The zero-order valence-electron chi connectivity index (χ0n) is 20.9. The second-order valence-corrected chi connectivity index (χ2v) is 9.93. The highest BCUT2D eigenvalue weighted by Crippen LogP contribution is 2.41. The number of fused-ring (bicyclic) bond motifs is 1. The van der Waals surface area contributed by atoms with E-state index in [0.717, 1.165) is 25.7 Å². The van der Waals surface area contributed by atoms with Crippen molar-refractivity contribution in [1.29, 1.82) is 0 Å². The van der Waals surface area contributed by atoms with Crippen LogP contribution in [-0.4, -0.2) is 47.8 Å².